The smallest absolute Gasteiger partial charge is 0.251 e. The van der Waals surface area contributed by atoms with Crippen molar-refractivity contribution in [3.63, 3.8) is 0 Å². The summed E-state index contributed by atoms with van der Waals surface area (Å²) in [6, 6.07) is 9.16. The van der Waals surface area contributed by atoms with Gasteiger partial charge in [-0.3, -0.25) is 4.79 Å². The Labute approximate surface area is 129 Å². The van der Waals surface area contributed by atoms with Gasteiger partial charge in [0.25, 0.3) is 5.91 Å². The molecule has 0 bridgehead atoms. The molecule has 0 spiro atoms. The van der Waals surface area contributed by atoms with Crippen molar-refractivity contribution in [2.75, 3.05) is 20.3 Å². The molecule has 1 heterocycles. The van der Waals surface area contributed by atoms with Crippen LogP contribution >= 0.6 is 0 Å². The summed E-state index contributed by atoms with van der Waals surface area (Å²) in [5, 5.41) is 12.1. The van der Waals surface area contributed by atoms with Gasteiger partial charge < -0.3 is 19.6 Å². The van der Waals surface area contributed by atoms with Gasteiger partial charge in [0.1, 0.15) is 0 Å². The van der Waals surface area contributed by atoms with Crippen LogP contribution < -0.4 is 5.32 Å². The maximum Gasteiger partial charge on any atom is 0.251 e. The van der Waals surface area contributed by atoms with Crippen molar-refractivity contribution in [1.29, 1.82) is 0 Å². The molecule has 1 aromatic carbocycles. The quantitative estimate of drug-likeness (QED) is 0.824. The van der Waals surface area contributed by atoms with Crippen molar-refractivity contribution in [3.05, 3.63) is 48.4 Å². The summed E-state index contributed by atoms with van der Waals surface area (Å²) in [5.74, 6) is -0.196. The van der Waals surface area contributed by atoms with Gasteiger partial charge in [-0.1, -0.05) is 12.1 Å². The number of amides is 1. The summed E-state index contributed by atoms with van der Waals surface area (Å²) < 4.78 is 10.2. The number of benzene rings is 1. The number of carbonyl (C=O) groups excluding carboxylic acids is 1. The molecule has 5 heteroatoms. The topological polar surface area (TPSA) is 71.7 Å². The lowest BCUT2D eigenvalue weighted by atomic mass is 9.98. The van der Waals surface area contributed by atoms with Gasteiger partial charge in [0.2, 0.25) is 0 Å². The second kappa shape index (κ2) is 7.24. The molecule has 0 aliphatic heterocycles. The molecule has 2 N–H and O–H groups in total. The zero-order valence-corrected chi connectivity index (χ0v) is 12.8. The fraction of sp³-hybridized carbons (Fsp3) is 0.353. The average Bonchev–Trinajstić information content (AvgIpc) is 3.02. The Hall–Kier alpha value is -2.11. The molecule has 2 rings (SSSR count). The van der Waals surface area contributed by atoms with Crippen molar-refractivity contribution in [1.82, 2.24) is 5.32 Å². The van der Waals surface area contributed by atoms with Gasteiger partial charge in [0.15, 0.2) is 0 Å². The van der Waals surface area contributed by atoms with Crippen molar-refractivity contribution in [2.45, 2.75) is 18.9 Å². The Bertz CT molecular complexity index is 601. The molecule has 1 amide bonds. The zero-order valence-electron chi connectivity index (χ0n) is 12.8. The van der Waals surface area contributed by atoms with Gasteiger partial charge in [0, 0.05) is 24.8 Å². The highest BCUT2D eigenvalue weighted by Gasteiger charge is 2.26. The summed E-state index contributed by atoms with van der Waals surface area (Å²) in [6.45, 7) is 2.17. The molecule has 118 valence electrons. The molecule has 1 atom stereocenters. The summed E-state index contributed by atoms with van der Waals surface area (Å²) in [5.41, 5.74) is 1.78. The minimum Gasteiger partial charge on any atom is -0.472 e. The highest BCUT2D eigenvalue weighted by atomic mass is 16.5. The second-order valence-electron chi connectivity index (χ2n) is 5.51. The number of aliphatic hydroxyl groups is 1. The molecule has 0 aliphatic rings. The van der Waals surface area contributed by atoms with E-state index in [-0.39, 0.29) is 12.5 Å². The van der Waals surface area contributed by atoms with E-state index < -0.39 is 5.54 Å². The average molecular weight is 303 g/mol. The van der Waals surface area contributed by atoms with Crippen molar-refractivity contribution >= 4 is 5.91 Å². The van der Waals surface area contributed by atoms with Crippen LogP contribution in [0.2, 0.25) is 0 Å². The first kappa shape index (κ1) is 16.3. The Morgan fingerprint density at radius 2 is 2.18 bits per heavy atom. The molecule has 2 aromatic rings. The molecule has 0 aliphatic carbocycles. The van der Waals surface area contributed by atoms with Gasteiger partial charge in [-0.2, -0.15) is 0 Å². The number of furan rings is 1. The van der Waals surface area contributed by atoms with Gasteiger partial charge >= 0.3 is 0 Å². The van der Waals surface area contributed by atoms with E-state index in [1.807, 2.05) is 31.2 Å². The third-order valence-corrected chi connectivity index (χ3v) is 3.52. The Morgan fingerprint density at radius 3 is 2.82 bits per heavy atom. The normalized spacial score (nSPS) is 13.6. The number of hydrogen-bond acceptors (Lipinski definition) is 4. The van der Waals surface area contributed by atoms with Crippen LogP contribution in [0.25, 0.3) is 11.1 Å². The van der Waals surface area contributed by atoms with Crippen LogP contribution in [0, 0.1) is 0 Å². The second-order valence-corrected chi connectivity index (χ2v) is 5.51. The van der Waals surface area contributed by atoms with Crippen LogP contribution in [0.4, 0.5) is 0 Å². The maximum absolute atomic E-state index is 12.5. The van der Waals surface area contributed by atoms with Crippen LogP contribution in [0.15, 0.2) is 47.3 Å². The molecule has 1 unspecified atom stereocenters. The number of aliphatic hydroxyl groups excluding tert-OH is 1. The third kappa shape index (κ3) is 3.96. The lowest BCUT2D eigenvalue weighted by Gasteiger charge is -2.29. The van der Waals surface area contributed by atoms with Crippen molar-refractivity contribution in [2.24, 2.45) is 0 Å². The molecule has 0 saturated heterocycles. The molecule has 0 fully saturated rings. The van der Waals surface area contributed by atoms with E-state index in [9.17, 15) is 4.79 Å². The number of methoxy groups -OCH3 is 1. The van der Waals surface area contributed by atoms with E-state index in [4.69, 9.17) is 14.3 Å². The lowest BCUT2D eigenvalue weighted by molar-refractivity contribution is 0.0725. The first-order valence-electron chi connectivity index (χ1n) is 7.13. The van der Waals surface area contributed by atoms with E-state index in [1.54, 1.807) is 25.7 Å². The summed E-state index contributed by atoms with van der Waals surface area (Å²) >= 11 is 0. The molecule has 1 aromatic heterocycles. The minimum atomic E-state index is -0.605. The summed E-state index contributed by atoms with van der Waals surface area (Å²) in [6.07, 6.45) is 3.66. The Balaban J connectivity index is 2.17. The largest absolute Gasteiger partial charge is 0.472 e. The molecule has 0 radical (unpaired) electrons. The van der Waals surface area contributed by atoms with Crippen LogP contribution in [0.1, 0.15) is 23.7 Å². The maximum atomic E-state index is 12.5. The SMILES string of the molecule is COCC(C)(CCO)NC(=O)c1cccc(-c2ccoc2)c1. The molecule has 0 saturated carbocycles. The summed E-state index contributed by atoms with van der Waals surface area (Å²) in [4.78, 5) is 12.5. The van der Waals surface area contributed by atoms with Crippen molar-refractivity contribution < 1.29 is 19.1 Å². The van der Waals surface area contributed by atoms with E-state index in [0.29, 0.717) is 18.6 Å². The van der Waals surface area contributed by atoms with E-state index in [2.05, 4.69) is 5.32 Å². The molecule has 5 nitrogen and oxygen atoms in total. The van der Waals surface area contributed by atoms with Crippen molar-refractivity contribution in [3.8, 4) is 11.1 Å². The van der Waals surface area contributed by atoms with Crippen LogP contribution in [-0.4, -0.2) is 36.9 Å². The van der Waals surface area contributed by atoms with Gasteiger partial charge in [-0.15, -0.1) is 0 Å². The Morgan fingerprint density at radius 1 is 1.36 bits per heavy atom. The lowest BCUT2D eigenvalue weighted by Crippen LogP contribution is -2.50. The van der Waals surface area contributed by atoms with E-state index in [1.165, 1.54) is 0 Å². The fourth-order valence-corrected chi connectivity index (χ4v) is 2.35. The highest BCUT2D eigenvalue weighted by Crippen LogP contribution is 2.21. The highest BCUT2D eigenvalue weighted by molar-refractivity contribution is 5.95. The first-order chi connectivity index (χ1) is 10.6. The van der Waals surface area contributed by atoms with Crippen LogP contribution in [-0.2, 0) is 4.74 Å². The predicted octanol–water partition coefficient (Wildman–Crippen LogP) is 2.46. The number of nitrogens with one attached hydrogen (secondary N) is 1. The number of carbonyl (C=O) groups is 1. The number of hydrogen-bond donors (Lipinski definition) is 2. The van der Waals surface area contributed by atoms with E-state index >= 15 is 0 Å². The monoisotopic (exact) mass is 303 g/mol. The van der Waals surface area contributed by atoms with E-state index in [0.717, 1.165) is 11.1 Å². The number of rotatable bonds is 7. The van der Waals surface area contributed by atoms with Crippen LogP contribution in [0.3, 0.4) is 0 Å². The van der Waals surface area contributed by atoms with Gasteiger partial charge in [0.05, 0.1) is 24.7 Å². The zero-order chi connectivity index (χ0) is 16.0. The molecular weight excluding hydrogens is 282 g/mol. The summed E-state index contributed by atoms with van der Waals surface area (Å²) in [7, 11) is 1.57. The van der Waals surface area contributed by atoms with Crippen LogP contribution in [0.5, 0.6) is 0 Å². The van der Waals surface area contributed by atoms with Gasteiger partial charge in [-0.05, 0) is 37.1 Å². The number of ether oxygens (including phenoxy) is 1. The first-order valence-corrected chi connectivity index (χ1v) is 7.13. The standard InChI is InChI=1S/C17H21NO4/c1-17(7-8-19,12-21-2)18-16(20)14-5-3-4-13(10-14)15-6-9-22-11-15/h3-6,9-11,19H,7-8,12H2,1-2H3,(H,18,20). The predicted molar refractivity (Wildman–Crippen MR) is 83.6 cm³/mol. The third-order valence-electron chi connectivity index (χ3n) is 3.52. The minimum absolute atomic E-state index is 0.0187. The molecule has 22 heavy (non-hydrogen) atoms. The van der Waals surface area contributed by atoms with Gasteiger partial charge in [-0.25, -0.2) is 0 Å². The molecular formula is C17H21NO4. The Kier molecular flexibility index (Phi) is 5.35. The fourth-order valence-electron chi connectivity index (χ4n) is 2.35.